The molecule has 0 amide bonds. The van der Waals surface area contributed by atoms with E-state index in [0.29, 0.717) is 5.69 Å². The summed E-state index contributed by atoms with van der Waals surface area (Å²) in [5.74, 6) is -0.963. The first kappa shape index (κ1) is 13.2. The zero-order valence-corrected chi connectivity index (χ0v) is 10.6. The predicted molar refractivity (Wildman–Crippen MR) is 68.2 cm³/mol. The van der Waals surface area contributed by atoms with Gasteiger partial charge in [-0.15, -0.1) is 5.10 Å². The van der Waals surface area contributed by atoms with Crippen LogP contribution in [0.4, 0.5) is 0 Å². The van der Waals surface area contributed by atoms with E-state index in [1.54, 1.807) is 16.8 Å². The minimum absolute atomic E-state index is 0.150. The van der Waals surface area contributed by atoms with Crippen molar-refractivity contribution in [2.24, 2.45) is 0 Å². The lowest BCUT2D eigenvalue weighted by Gasteiger charge is -2.06. The van der Waals surface area contributed by atoms with Crippen LogP contribution in [-0.2, 0) is 13.0 Å². The molecule has 1 heterocycles. The third-order valence-electron chi connectivity index (χ3n) is 2.84. The molecular weight excluding hydrogens is 246 g/mol. The third-order valence-corrected chi connectivity index (χ3v) is 2.84. The third kappa shape index (κ3) is 2.63. The summed E-state index contributed by atoms with van der Waals surface area (Å²) < 4.78 is 1.64. The molecular formula is C13H15N3O3. The summed E-state index contributed by atoms with van der Waals surface area (Å²) in [6.07, 6.45) is 1.66. The summed E-state index contributed by atoms with van der Waals surface area (Å²) in [6, 6.07) is 6.40. The number of carboxylic acid groups (broad SMARTS) is 1. The van der Waals surface area contributed by atoms with Gasteiger partial charge < -0.3 is 10.2 Å². The Hall–Kier alpha value is -2.21. The van der Waals surface area contributed by atoms with E-state index in [-0.39, 0.29) is 12.2 Å². The maximum absolute atomic E-state index is 10.8. The van der Waals surface area contributed by atoms with E-state index in [4.69, 9.17) is 5.11 Å². The van der Waals surface area contributed by atoms with Gasteiger partial charge in [-0.3, -0.25) is 0 Å². The fourth-order valence-electron chi connectivity index (χ4n) is 1.90. The van der Waals surface area contributed by atoms with Gasteiger partial charge in [0.25, 0.3) is 0 Å². The second kappa shape index (κ2) is 5.62. The van der Waals surface area contributed by atoms with Gasteiger partial charge in [-0.1, -0.05) is 18.6 Å². The predicted octanol–water partition coefficient (Wildman–Crippen LogP) is 1.41. The fourth-order valence-corrected chi connectivity index (χ4v) is 1.90. The second-order valence-electron chi connectivity index (χ2n) is 4.15. The number of rotatable bonds is 5. The molecule has 6 heteroatoms. The zero-order chi connectivity index (χ0) is 13.8. The minimum atomic E-state index is -0.963. The molecule has 1 aromatic carbocycles. The fraction of sp³-hybridized carbons (Fsp3) is 0.308. The Morgan fingerprint density at radius 1 is 1.32 bits per heavy atom. The van der Waals surface area contributed by atoms with Crippen molar-refractivity contribution < 1.29 is 15.0 Å². The Morgan fingerprint density at radius 3 is 2.53 bits per heavy atom. The molecule has 2 aromatic rings. The smallest absolute Gasteiger partial charge is 0.335 e. The van der Waals surface area contributed by atoms with Gasteiger partial charge in [-0.25, -0.2) is 9.48 Å². The van der Waals surface area contributed by atoms with Crippen molar-refractivity contribution >= 4 is 5.97 Å². The van der Waals surface area contributed by atoms with E-state index in [9.17, 15) is 9.90 Å². The van der Waals surface area contributed by atoms with Crippen molar-refractivity contribution in [1.29, 1.82) is 0 Å². The summed E-state index contributed by atoms with van der Waals surface area (Å²) in [7, 11) is 0. The van der Waals surface area contributed by atoms with Crippen molar-refractivity contribution in [3.63, 3.8) is 0 Å². The van der Waals surface area contributed by atoms with Crippen molar-refractivity contribution in [2.75, 3.05) is 0 Å². The van der Waals surface area contributed by atoms with Crippen molar-refractivity contribution in [3.8, 4) is 5.69 Å². The summed E-state index contributed by atoms with van der Waals surface area (Å²) >= 11 is 0. The number of hydrogen-bond acceptors (Lipinski definition) is 4. The number of carbonyl (C=O) groups is 1. The SMILES string of the molecule is CCCc1c(CO)nnn1-c1ccc(C(=O)O)cc1. The first-order valence-electron chi connectivity index (χ1n) is 6.05. The highest BCUT2D eigenvalue weighted by Crippen LogP contribution is 2.15. The molecule has 0 aliphatic carbocycles. The molecule has 6 nitrogen and oxygen atoms in total. The van der Waals surface area contributed by atoms with Crippen LogP contribution in [0.5, 0.6) is 0 Å². The van der Waals surface area contributed by atoms with Gasteiger partial charge in [0.15, 0.2) is 0 Å². The van der Waals surface area contributed by atoms with Crippen LogP contribution in [0.2, 0.25) is 0 Å². The van der Waals surface area contributed by atoms with E-state index in [1.807, 2.05) is 6.92 Å². The van der Waals surface area contributed by atoms with Crippen molar-refractivity contribution in [3.05, 3.63) is 41.2 Å². The van der Waals surface area contributed by atoms with Crippen LogP contribution in [0.1, 0.15) is 35.1 Å². The zero-order valence-electron chi connectivity index (χ0n) is 10.6. The number of aliphatic hydroxyl groups is 1. The molecule has 0 bridgehead atoms. The lowest BCUT2D eigenvalue weighted by Crippen LogP contribution is -2.04. The molecule has 2 N–H and O–H groups in total. The number of carboxylic acids is 1. The molecule has 0 atom stereocenters. The van der Waals surface area contributed by atoms with E-state index in [2.05, 4.69) is 10.3 Å². The molecule has 0 saturated carbocycles. The van der Waals surface area contributed by atoms with Gasteiger partial charge in [-0.05, 0) is 30.7 Å². The lowest BCUT2D eigenvalue weighted by molar-refractivity contribution is 0.0697. The first-order chi connectivity index (χ1) is 9.17. The highest BCUT2D eigenvalue weighted by atomic mass is 16.4. The standard InChI is InChI=1S/C13H15N3O3/c1-2-3-12-11(8-17)14-15-16(12)10-6-4-9(5-7-10)13(18)19/h4-7,17H,2-3,8H2,1H3,(H,18,19). The maximum atomic E-state index is 10.8. The Balaban J connectivity index is 2.40. The number of aliphatic hydroxyl groups excluding tert-OH is 1. The van der Waals surface area contributed by atoms with Crippen LogP contribution >= 0.6 is 0 Å². The van der Waals surface area contributed by atoms with Gasteiger partial charge >= 0.3 is 5.97 Å². The maximum Gasteiger partial charge on any atom is 0.335 e. The molecule has 0 saturated heterocycles. The van der Waals surface area contributed by atoms with E-state index >= 15 is 0 Å². The largest absolute Gasteiger partial charge is 0.478 e. The number of aromatic carboxylic acids is 1. The van der Waals surface area contributed by atoms with Crippen LogP contribution in [0.25, 0.3) is 5.69 Å². The normalized spacial score (nSPS) is 10.6. The van der Waals surface area contributed by atoms with E-state index in [1.165, 1.54) is 12.1 Å². The number of aromatic nitrogens is 3. The molecule has 0 spiro atoms. The van der Waals surface area contributed by atoms with Gasteiger partial charge in [0, 0.05) is 0 Å². The Kier molecular flexibility index (Phi) is 3.91. The van der Waals surface area contributed by atoms with E-state index in [0.717, 1.165) is 24.2 Å². The van der Waals surface area contributed by atoms with Gasteiger partial charge in [-0.2, -0.15) is 0 Å². The van der Waals surface area contributed by atoms with Crippen molar-refractivity contribution in [2.45, 2.75) is 26.4 Å². The highest BCUT2D eigenvalue weighted by molar-refractivity contribution is 5.87. The molecule has 19 heavy (non-hydrogen) atoms. The van der Waals surface area contributed by atoms with Gasteiger partial charge in [0.2, 0.25) is 0 Å². The molecule has 0 aliphatic heterocycles. The summed E-state index contributed by atoms with van der Waals surface area (Å²) in [4.78, 5) is 10.8. The Morgan fingerprint density at radius 2 is 2.00 bits per heavy atom. The average molecular weight is 261 g/mol. The summed E-state index contributed by atoms with van der Waals surface area (Å²) in [5, 5.41) is 26.0. The van der Waals surface area contributed by atoms with Crippen LogP contribution in [0.3, 0.4) is 0 Å². The summed E-state index contributed by atoms with van der Waals surface area (Å²) in [5.41, 5.74) is 2.38. The molecule has 2 rings (SSSR count). The lowest BCUT2D eigenvalue weighted by atomic mass is 10.2. The monoisotopic (exact) mass is 261 g/mol. The summed E-state index contributed by atoms with van der Waals surface area (Å²) in [6.45, 7) is 1.88. The molecule has 0 fully saturated rings. The molecule has 0 aliphatic rings. The number of hydrogen-bond donors (Lipinski definition) is 2. The molecule has 1 aromatic heterocycles. The average Bonchev–Trinajstić information content (AvgIpc) is 2.82. The van der Waals surface area contributed by atoms with Crippen LogP contribution in [0, 0.1) is 0 Å². The number of benzene rings is 1. The number of nitrogens with zero attached hydrogens (tertiary/aromatic N) is 3. The molecule has 0 unspecified atom stereocenters. The van der Waals surface area contributed by atoms with E-state index < -0.39 is 5.97 Å². The molecule has 100 valence electrons. The van der Waals surface area contributed by atoms with Gasteiger partial charge in [0.1, 0.15) is 5.69 Å². The van der Waals surface area contributed by atoms with Crippen LogP contribution < -0.4 is 0 Å². The van der Waals surface area contributed by atoms with Crippen LogP contribution in [-0.4, -0.2) is 31.2 Å². The van der Waals surface area contributed by atoms with Crippen LogP contribution in [0.15, 0.2) is 24.3 Å². The quantitative estimate of drug-likeness (QED) is 0.849. The topological polar surface area (TPSA) is 88.2 Å². The highest BCUT2D eigenvalue weighted by Gasteiger charge is 2.13. The Bertz CT molecular complexity index is 575. The first-order valence-corrected chi connectivity index (χ1v) is 6.05. The Labute approximate surface area is 110 Å². The van der Waals surface area contributed by atoms with Crippen molar-refractivity contribution in [1.82, 2.24) is 15.0 Å². The molecule has 0 radical (unpaired) electrons. The second-order valence-corrected chi connectivity index (χ2v) is 4.15. The van der Waals surface area contributed by atoms with Gasteiger partial charge in [0.05, 0.1) is 23.6 Å². The minimum Gasteiger partial charge on any atom is -0.478 e.